The summed E-state index contributed by atoms with van der Waals surface area (Å²) in [5, 5.41) is 1.06. The van der Waals surface area contributed by atoms with Gasteiger partial charge in [0.15, 0.2) is 0 Å². The van der Waals surface area contributed by atoms with Gasteiger partial charge < -0.3 is 14.7 Å². The number of anilines is 2. The van der Waals surface area contributed by atoms with Gasteiger partial charge in [-0.1, -0.05) is 11.6 Å². The van der Waals surface area contributed by atoms with Crippen LogP contribution in [0.1, 0.15) is 12.6 Å². The lowest BCUT2D eigenvalue weighted by Crippen LogP contribution is -2.62. The zero-order valence-corrected chi connectivity index (χ0v) is 16.2. The lowest BCUT2D eigenvalue weighted by atomic mass is 10.1. The first-order valence-corrected chi connectivity index (χ1v) is 8.91. The first kappa shape index (κ1) is 17.2. The van der Waals surface area contributed by atoms with Crippen molar-refractivity contribution in [3.05, 3.63) is 21.2 Å². The fraction of sp³-hybridized carbons (Fsp3) is 0.529. The average molecular weight is 377 g/mol. The minimum Gasteiger partial charge on any atom is -0.338 e. The molecule has 138 valence electrons. The van der Waals surface area contributed by atoms with Gasteiger partial charge in [0.2, 0.25) is 0 Å². The molecule has 0 N–H and O–H groups in total. The van der Waals surface area contributed by atoms with Crippen molar-refractivity contribution < 1.29 is 4.79 Å². The molecule has 9 heteroatoms. The maximum atomic E-state index is 13.3. The summed E-state index contributed by atoms with van der Waals surface area (Å²) >= 11 is 6.57. The van der Waals surface area contributed by atoms with E-state index in [1.54, 1.807) is 25.9 Å². The molecule has 1 fully saturated rings. The summed E-state index contributed by atoms with van der Waals surface area (Å²) < 4.78 is 1.41. The predicted molar refractivity (Wildman–Crippen MR) is 101 cm³/mol. The van der Waals surface area contributed by atoms with Crippen molar-refractivity contribution in [3.8, 4) is 0 Å². The van der Waals surface area contributed by atoms with E-state index in [1.165, 1.54) is 4.57 Å². The largest absolute Gasteiger partial charge is 0.350 e. The maximum Gasteiger partial charge on any atom is 0.350 e. The number of rotatable bonds is 0. The van der Waals surface area contributed by atoms with Crippen molar-refractivity contribution in [1.82, 2.24) is 19.4 Å². The number of amides is 1. The SMILES string of the molecule is Cc1nc2c3c(nc(=O)n2C)N2C(C)CN(C)CC2C(=O)N(C)c3c1Cl. The van der Waals surface area contributed by atoms with Gasteiger partial charge in [0.1, 0.15) is 17.5 Å². The Morgan fingerprint density at radius 1 is 1.12 bits per heavy atom. The molecule has 2 aliphatic heterocycles. The summed E-state index contributed by atoms with van der Waals surface area (Å²) in [5.41, 5.74) is 1.24. The van der Waals surface area contributed by atoms with Crippen molar-refractivity contribution in [2.24, 2.45) is 7.05 Å². The molecular formula is C17H21ClN6O2. The van der Waals surface area contributed by atoms with Crippen LogP contribution in [0.25, 0.3) is 11.0 Å². The van der Waals surface area contributed by atoms with E-state index in [9.17, 15) is 9.59 Å². The van der Waals surface area contributed by atoms with Gasteiger partial charge in [-0.3, -0.25) is 9.36 Å². The van der Waals surface area contributed by atoms with Crippen LogP contribution in [0.4, 0.5) is 11.5 Å². The molecule has 0 aromatic carbocycles. The van der Waals surface area contributed by atoms with Crippen molar-refractivity contribution >= 4 is 40.0 Å². The maximum absolute atomic E-state index is 13.3. The van der Waals surface area contributed by atoms with Gasteiger partial charge in [-0.05, 0) is 20.9 Å². The predicted octanol–water partition coefficient (Wildman–Crippen LogP) is 0.776. The fourth-order valence-electron chi connectivity index (χ4n) is 4.10. The van der Waals surface area contributed by atoms with Gasteiger partial charge >= 0.3 is 5.69 Å². The molecule has 4 rings (SSSR count). The van der Waals surface area contributed by atoms with Crippen molar-refractivity contribution in [3.63, 3.8) is 0 Å². The monoisotopic (exact) mass is 376 g/mol. The highest BCUT2D eigenvalue weighted by Crippen LogP contribution is 2.42. The number of pyridine rings is 1. The molecule has 0 saturated carbocycles. The molecule has 0 aliphatic carbocycles. The smallest absolute Gasteiger partial charge is 0.338 e. The van der Waals surface area contributed by atoms with E-state index in [0.717, 1.165) is 6.54 Å². The zero-order valence-electron chi connectivity index (χ0n) is 15.4. The Balaban J connectivity index is 2.17. The highest BCUT2D eigenvalue weighted by molar-refractivity contribution is 6.37. The van der Waals surface area contributed by atoms with Crippen LogP contribution in [0.15, 0.2) is 4.79 Å². The summed E-state index contributed by atoms with van der Waals surface area (Å²) in [6, 6.07) is -0.412. The lowest BCUT2D eigenvalue weighted by molar-refractivity contribution is -0.120. The topological polar surface area (TPSA) is 74.6 Å². The van der Waals surface area contributed by atoms with Gasteiger partial charge in [0, 0.05) is 33.2 Å². The third-order valence-electron chi connectivity index (χ3n) is 5.36. The molecule has 2 atom stereocenters. The van der Waals surface area contributed by atoms with Crippen LogP contribution < -0.4 is 15.5 Å². The van der Waals surface area contributed by atoms with Gasteiger partial charge in [-0.15, -0.1) is 0 Å². The molecule has 2 aromatic rings. The summed E-state index contributed by atoms with van der Waals surface area (Å²) in [6.07, 6.45) is 0. The average Bonchev–Trinajstić information content (AvgIpc) is 2.66. The molecule has 8 nitrogen and oxygen atoms in total. The van der Waals surface area contributed by atoms with Crippen LogP contribution in [0.5, 0.6) is 0 Å². The van der Waals surface area contributed by atoms with Crippen molar-refractivity contribution in [1.29, 1.82) is 0 Å². The second kappa shape index (κ2) is 5.65. The Labute approximate surface area is 156 Å². The van der Waals surface area contributed by atoms with Crippen molar-refractivity contribution in [2.45, 2.75) is 25.9 Å². The molecule has 2 aromatic heterocycles. The van der Waals surface area contributed by atoms with Crippen LogP contribution in [-0.2, 0) is 11.8 Å². The second-order valence-corrected chi connectivity index (χ2v) is 7.60. The van der Waals surface area contributed by atoms with E-state index in [4.69, 9.17) is 11.6 Å². The number of aryl methyl sites for hydroxylation is 2. The molecule has 1 saturated heterocycles. The van der Waals surface area contributed by atoms with Crippen LogP contribution >= 0.6 is 11.6 Å². The van der Waals surface area contributed by atoms with E-state index in [-0.39, 0.29) is 11.9 Å². The Hall–Kier alpha value is -2.19. The Kier molecular flexibility index (Phi) is 3.75. The number of carbonyl (C=O) groups is 1. The summed E-state index contributed by atoms with van der Waals surface area (Å²) in [5.74, 6) is 0.432. The molecule has 0 bridgehead atoms. The van der Waals surface area contributed by atoms with Gasteiger partial charge in [-0.25, -0.2) is 9.78 Å². The first-order valence-electron chi connectivity index (χ1n) is 8.53. The molecule has 0 radical (unpaired) electrons. The van der Waals surface area contributed by atoms with Gasteiger partial charge in [0.25, 0.3) is 5.91 Å². The lowest BCUT2D eigenvalue weighted by Gasteiger charge is -2.44. The number of halogens is 1. The Bertz CT molecular complexity index is 1000. The number of aromatic nitrogens is 3. The van der Waals surface area contributed by atoms with Crippen LogP contribution in [0.2, 0.25) is 5.02 Å². The van der Waals surface area contributed by atoms with E-state index in [2.05, 4.69) is 14.9 Å². The van der Waals surface area contributed by atoms with Crippen LogP contribution in [0, 0.1) is 6.92 Å². The number of carbonyl (C=O) groups excluding carboxylic acids is 1. The fourth-order valence-corrected chi connectivity index (χ4v) is 4.37. The number of hydrogen-bond acceptors (Lipinski definition) is 6. The van der Waals surface area contributed by atoms with Gasteiger partial charge in [-0.2, -0.15) is 4.98 Å². The number of hydrogen-bond donors (Lipinski definition) is 0. The van der Waals surface area contributed by atoms with Crippen LogP contribution in [-0.4, -0.2) is 64.6 Å². The quantitative estimate of drug-likeness (QED) is 0.676. The third-order valence-corrected chi connectivity index (χ3v) is 5.81. The van der Waals surface area contributed by atoms with Crippen LogP contribution in [0.3, 0.4) is 0 Å². The Morgan fingerprint density at radius 2 is 1.81 bits per heavy atom. The summed E-state index contributed by atoms with van der Waals surface area (Å²) in [4.78, 5) is 40.3. The standard InChI is InChI=1S/C17H21ClN6O2/c1-8-6-21(3)7-10-16(25)22(4)13-11-14(19-9(2)12(13)18)23(5)17(26)20-15(11)24(8)10/h8,10H,6-7H2,1-5H3. The normalized spacial score (nSPS) is 23.4. The minimum atomic E-state index is -0.430. The molecule has 4 heterocycles. The number of piperazine rings is 1. The second-order valence-electron chi connectivity index (χ2n) is 7.23. The molecule has 2 aliphatic rings. The first-order chi connectivity index (χ1) is 12.2. The number of likely N-dealkylation sites (N-methyl/N-ethyl adjacent to an activating group) is 2. The molecule has 2 unspecified atom stereocenters. The van der Waals surface area contributed by atoms with E-state index < -0.39 is 11.7 Å². The van der Waals surface area contributed by atoms with E-state index >= 15 is 0 Å². The number of nitrogens with zero attached hydrogens (tertiary/aromatic N) is 6. The molecule has 26 heavy (non-hydrogen) atoms. The summed E-state index contributed by atoms with van der Waals surface area (Å²) in [7, 11) is 5.35. The van der Waals surface area contributed by atoms with E-state index in [0.29, 0.717) is 39.8 Å². The third kappa shape index (κ3) is 2.18. The highest BCUT2D eigenvalue weighted by atomic mass is 35.5. The molecule has 1 amide bonds. The summed E-state index contributed by atoms with van der Waals surface area (Å²) in [6.45, 7) is 5.14. The zero-order chi connectivity index (χ0) is 18.9. The van der Waals surface area contributed by atoms with E-state index in [1.807, 2.05) is 18.9 Å². The minimum absolute atomic E-state index is 0.0185. The Morgan fingerprint density at radius 3 is 2.50 bits per heavy atom. The van der Waals surface area contributed by atoms with Gasteiger partial charge in [0.05, 0.1) is 21.8 Å². The molecular weight excluding hydrogens is 356 g/mol. The van der Waals surface area contributed by atoms with Crippen molar-refractivity contribution in [2.75, 3.05) is 37.0 Å². The molecule has 0 spiro atoms. The highest BCUT2D eigenvalue weighted by Gasteiger charge is 2.43. The number of fused-ring (bicyclic) bond motifs is 2.